The molecule has 3 rings (SSSR count). The SMILES string of the molecule is COC(=O)C1=CO[C@@H](O[C@H]2O[C@@H](CO)[C@H](O)[C@@H](O)[C@@H]2O)[C@@H]2C(CO)=CC[C@]12O. The molecule has 3 aliphatic rings. The highest BCUT2D eigenvalue weighted by Gasteiger charge is 2.57. The molecule has 0 aromatic heterocycles. The molecule has 0 aromatic carbocycles. The van der Waals surface area contributed by atoms with E-state index in [0.29, 0.717) is 5.57 Å². The van der Waals surface area contributed by atoms with Gasteiger partial charge >= 0.3 is 5.97 Å². The number of methoxy groups -OCH3 is 1. The Labute approximate surface area is 160 Å². The minimum atomic E-state index is -1.78. The number of ether oxygens (including phenoxy) is 4. The summed E-state index contributed by atoms with van der Waals surface area (Å²) in [5.74, 6) is -1.84. The average molecular weight is 404 g/mol. The van der Waals surface area contributed by atoms with Crippen LogP contribution in [0.2, 0.25) is 0 Å². The van der Waals surface area contributed by atoms with Gasteiger partial charge in [-0.2, -0.15) is 0 Å². The van der Waals surface area contributed by atoms with Gasteiger partial charge in [0.15, 0.2) is 6.29 Å². The average Bonchev–Trinajstić information content (AvgIpc) is 3.05. The molecule has 0 amide bonds. The molecule has 1 saturated heterocycles. The van der Waals surface area contributed by atoms with Crippen LogP contribution in [0.3, 0.4) is 0 Å². The molecule has 0 bridgehead atoms. The molecule has 1 fully saturated rings. The summed E-state index contributed by atoms with van der Waals surface area (Å²) in [6, 6.07) is 0. The molecule has 2 aliphatic heterocycles. The topological polar surface area (TPSA) is 175 Å². The smallest absolute Gasteiger partial charge is 0.339 e. The van der Waals surface area contributed by atoms with Crippen LogP contribution in [0.15, 0.2) is 23.5 Å². The molecule has 0 saturated carbocycles. The summed E-state index contributed by atoms with van der Waals surface area (Å²) >= 11 is 0. The van der Waals surface area contributed by atoms with E-state index >= 15 is 0 Å². The van der Waals surface area contributed by atoms with E-state index in [1.165, 1.54) is 0 Å². The molecule has 6 N–H and O–H groups in total. The van der Waals surface area contributed by atoms with Crippen molar-refractivity contribution in [3.05, 3.63) is 23.5 Å². The summed E-state index contributed by atoms with van der Waals surface area (Å²) in [5.41, 5.74) is -1.60. The van der Waals surface area contributed by atoms with Crippen molar-refractivity contribution in [2.24, 2.45) is 5.92 Å². The first-order valence-corrected chi connectivity index (χ1v) is 8.71. The van der Waals surface area contributed by atoms with Crippen molar-refractivity contribution in [2.75, 3.05) is 20.3 Å². The summed E-state index contributed by atoms with van der Waals surface area (Å²) in [7, 11) is 1.15. The van der Waals surface area contributed by atoms with Gasteiger partial charge in [0.1, 0.15) is 35.6 Å². The summed E-state index contributed by atoms with van der Waals surface area (Å²) < 4.78 is 20.9. The monoisotopic (exact) mass is 404 g/mol. The van der Waals surface area contributed by atoms with Gasteiger partial charge in [0.2, 0.25) is 6.29 Å². The van der Waals surface area contributed by atoms with E-state index in [-0.39, 0.29) is 12.0 Å². The van der Waals surface area contributed by atoms with Crippen LogP contribution in [0, 0.1) is 5.92 Å². The highest BCUT2D eigenvalue weighted by atomic mass is 16.8. The Morgan fingerprint density at radius 1 is 1.21 bits per heavy atom. The number of fused-ring (bicyclic) bond motifs is 1. The minimum Gasteiger partial charge on any atom is -0.471 e. The molecular weight excluding hydrogens is 380 g/mol. The Morgan fingerprint density at radius 3 is 2.54 bits per heavy atom. The molecule has 158 valence electrons. The fourth-order valence-corrected chi connectivity index (χ4v) is 3.76. The lowest BCUT2D eigenvalue weighted by Gasteiger charge is -2.44. The van der Waals surface area contributed by atoms with E-state index in [1.54, 1.807) is 6.08 Å². The standard InChI is InChI=1S/C17H24O11/c1-25-14(23)8-6-26-15(10-7(4-18)2-3-17(8,10)24)28-16-13(22)12(21)11(20)9(5-19)27-16/h2,6,9-13,15-16,18-22,24H,3-5H2,1H3/t9-,10-,11-,12+,13-,15-,16+,17-/m0/s1. The zero-order valence-corrected chi connectivity index (χ0v) is 15.0. The van der Waals surface area contributed by atoms with E-state index in [4.69, 9.17) is 14.2 Å². The minimum absolute atomic E-state index is 0.00754. The second-order valence-electron chi connectivity index (χ2n) is 6.90. The zero-order chi connectivity index (χ0) is 20.6. The highest BCUT2D eigenvalue weighted by Crippen LogP contribution is 2.47. The number of hydrogen-bond acceptors (Lipinski definition) is 11. The fourth-order valence-electron chi connectivity index (χ4n) is 3.76. The van der Waals surface area contributed by atoms with Crippen LogP contribution < -0.4 is 0 Å². The Morgan fingerprint density at radius 2 is 1.93 bits per heavy atom. The second kappa shape index (κ2) is 8.05. The zero-order valence-electron chi connectivity index (χ0n) is 15.0. The van der Waals surface area contributed by atoms with Crippen LogP contribution in [0.1, 0.15) is 6.42 Å². The maximum Gasteiger partial charge on any atom is 0.339 e. The van der Waals surface area contributed by atoms with E-state index in [2.05, 4.69) is 4.74 Å². The third-order valence-corrected chi connectivity index (χ3v) is 5.35. The number of carbonyl (C=O) groups excluding carboxylic acids is 1. The number of esters is 1. The third-order valence-electron chi connectivity index (χ3n) is 5.35. The van der Waals surface area contributed by atoms with Gasteiger partial charge in [-0.3, -0.25) is 0 Å². The van der Waals surface area contributed by atoms with E-state index in [1.807, 2.05) is 0 Å². The largest absolute Gasteiger partial charge is 0.471 e. The number of hydrogen-bond donors (Lipinski definition) is 6. The molecule has 1 aliphatic carbocycles. The summed E-state index contributed by atoms with van der Waals surface area (Å²) in [6.07, 6.45) is -6.39. The summed E-state index contributed by atoms with van der Waals surface area (Å²) in [6.45, 7) is -1.09. The van der Waals surface area contributed by atoms with Crippen LogP contribution >= 0.6 is 0 Å². The van der Waals surface area contributed by atoms with E-state index < -0.39 is 67.7 Å². The first-order chi connectivity index (χ1) is 13.3. The Bertz CT molecular complexity index is 659. The molecule has 2 heterocycles. The lowest BCUT2D eigenvalue weighted by atomic mass is 9.79. The number of aliphatic hydroxyl groups is 6. The lowest BCUT2D eigenvalue weighted by molar-refractivity contribution is -0.343. The van der Waals surface area contributed by atoms with Crippen molar-refractivity contribution in [1.29, 1.82) is 0 Å². The highest BCUT2D eigenvalue weighted by molar-refractivity contribution is 5.91. The molecule has 28 heavy (non-hydrogen) atoms. The van der Waals surface area contributed by atoms with Gasteiger partial charge in [-0.15, -0.1) is 0 Å². The van der Waals surface area contributed by atoms with Gasteiger partial charge in [0.05, 0.1) is 32.5 Å². The van der Waals surface area contributed by atoms with Crippen LogP contribution in [0.25, 0.3) is 0 Å². The van der Waals surface area contributed by atoms with Crippen molar-refractivity contribution in [3.63, 3.8) is 0 Å². The predicted molar refractivity (Wildman–Crippen MR) is 88.0 cm³/mol. The van der Waals surface area contributed by atoms with Gasteiger partial charge in [-0.05, 0) is 12.0 Å². The fraction of sp³-hybridized carbons (Fsp3) is 0.706. The van der Waals surface area contributed by atoms with Crippen molar-refractivity contribution >= 4 is 5.97 Å². The van der Waals surface area contributed by atoms with Crippen molar-refractivity contribution < 1.29 is 54.4 Å². The van der Waals surface area contributed by atoms with Crippen molar-refractivity contribution in [2.45, 2.75) is 49.0 Å². The van der Waals surface area contributed by atoms with Crippen LogP contribution in [0.4, 0.5) is 0 Å². The van der Waals surface area contributed by atoms with Crippen molar-refractivity contribution in [1.82, 2.24) is 0 Å². The quantitative estimate of drug-likeness (QED) is 0.202. The van der Waals surface area contributed by atoms with E-state index in [0.717, 1.165) is 13.4 Å². The lowest BCUT2D eigenvalue weighted by Crippen LogP contribution is -2.61. The first kappa shape index (κ1) is 21.1. The molecule has 0 aromatic rings. The van der Waals surface area contributed by atoms with Crippen LogP contribution in [-0.4, -0.2) is 99.5 Å². The van der Waals surface area contributed by atoms with Crippen molar-refractivity contribution in [3.8, 4) is 0 Å². The Balaban J connectivity index is 1.86. The normalized spacial score (nSPS) is 42.9. The Hall–Kier alpha value is -1.57. The maximum atomic E-state index is 12.0. The molecular formula is C17H24O11. The summed E-state index contributed by atoms with van der Waals surface area (Å²) in [4.78, 5) is 12.0. The number of aliphatic hydroxyl groups excluding tert-OH is 5. The van der Waals surface area contributed by atoms with Crippen LogP contribution in [-0.2, 0) is 23.7 Å². The van der Waals surface area contributed by atoms with Gasteiger partial charge in [-0.1, -0.05) is 6.08 Å². The molecule has 0 radical (unpaired) electrons. The Kier molecular flexibility index (Phi) is 6.08. The summed E-state index contributed by atoms with van der Waals surface area (Å²) in [5, 5.41) is 59.9. The molecule has 11 nitrogen and oxygen atoms in total. The molecule has 0 spiro atoms. The van der Waals surface area contributed by atoms with E-state index in [9.17, 15) is 35.4 Å². The molecule has 0 unspecified atom stereocenters. The first-order valence-electron chi connectivity index (χ1n) is 8.71. The second-order valence-corrected chi connectivity index (χ2v) is 6.90. The van der Waals surface area contributed by atoms with Gasteiger partial charge < -0.3 is 49.6 Å². The number of carbonyl (C=O) groups is 1. The number of rotatable bonds is 5. The molecule has 8 atom stereocenters. The predicted octanol–water partition coefficient (Wildman–Crippen LogP) is -3.11. The third kappa shape index (κ3) is 3.33. The molecule has 11 heteroatoms. The van der Waals surface area contributed by atoms with Gasteiger partial charge in [0, 0.05) is 0 Å². The van der Waals surface area contributed by atoms with Gasteiger partial charge in [-0.25, -0.2) is 4.79 Å². The van der Waals surface area contributed by atoms with Crippen LogP contribution in [0.5, 0.6) is 0 Å². The van der Waals surface area contributed by atoms with Gasteiger partial charge in [0.25, 0.3) is 0 Å². The maximum absolute atomic E-state index is 12.0.